The van der Waals surface area contributed by atoms with Gasteiger partial charge in [-0.25, -0.2) is 0 Å². The zero-order valence-electron chi connectivity index (χ0n) is 11.4. The lowest BCUT2D eigenvalue weighted by Gasteiger charge is -2.06. The van der Waals surface area contributed by atoms with Crippen LogP contribution in [0, 0.1) is 0 Å². The minimum Gasteiger partial charge on any atom is -0.481 e. The lowest BCUT2D eigenvalue weighted by Crippen LogP contribution is -2.26. The highest BCUT2D eigenvalue weighted by Crippen LogP contribution is 2.29. The monoisotopic (exact) mass is 345 g/mol. The number of nitrogens with one attached hydrogen (secondary N) is 1. The van der Waals surface area contributed by atoms with Crippen molar-refractivity contribution in [2.75, 3.05) is 0 Å². The number of hydrogen-bond acceptors (Lipinski definition) is 5. The van der Waals surface area contributed by atoms with Gasteiger partial charge in [0.25, 0.3) is 0 Å². The van der Waals surface area contributed by atoms with Crippen molar-refractivity contribution in [1.29, 1.82) is 0 Å². The van der Waals surface area contributed by atoms with E-state index in [9.17, 15) is 22.8 Å². The fourth-order valence-corrected chi connectivity index (χ4v) is 2.60. The molecule has 1 aromatic carbocycles. The van der Waals surface area contributed by atoms with Crippen molar-refractivity contribution in [2.45, 2.75) is 17.8 Å². The number of rotatable bonds is 4. The highest BCUT2D eigenvalue weighted by molar-refractivity contribution is 8.15. The molecule has 1 heterocycles. The van der Waals surface area contributed by atoms with E-state index in [1.807, 2.05) is 0 Å². The number of benzene rings is 1. The molecule has 1 amide bonds. The van der Waals surface area contributed by atoms with Crippen LogP contribution < -0.4 is 5.32 Å². The summed E-state index contributed by atoms with van der Waals surface area (Å²) < 4.78 is 37.7. The minimum atomic E-state index is -4.45. The summed E-state index contributed by atoms with van der Waals surface area (Å²) in [5.74, 6) is -1.61. The smallest absolute Gasteiger partial charge is 0.416 e. The number of amidine groups is 1. The number of nitrogens with zero attached hydrogens (tertiary/aromatic N) is 2. The average Bonchev–Trinajstić information content (AvgIpc) is 2.78. The van der Waals surface area contributed by atoms with E-state index in [0.29, 0.717) is 0 Å². The van der Waals surface area contributed by atoms with Crippen LogP contribution >= 0.6 is 11.8 Å². The number of carboxylic acid groups (broad SMARTS) is 1. The molecule has 0 saturated carbocycles. The molecule has 0 bridgehead atoms. The second kappa shape index (κ2) is 6.82. The molecule has 2 rings (SSSR count). The van der Waals surface area contributed by atoms with Crippen LogP contribution in [0.3, 0.4) is 0 Å². The summed E-state index contributed by atoms with van der Waals surface area (Å²) >= 11 is 0.904. The van der Waals surface area contributed by atoms with Crippen molar-refractivity contribution in [3.8, 4) is 0 Å². The van der Waals surface area contributed by atoms with Crippen molar-refractivity contribution >= 4 is 35.0 Å². The Morgan fingerprint density at radius 3 is 2.83 bits per heavy atom. The van der Waals surface area contributed by atoms with E-state index < -0.39 is 28.9 Å². The molecule has 2 N–H and O–H groups in total. The van der Waals surface area contributed by atoms with Gasteiger partial charge in [-0.3, -0.25) is 9.59 Å². The summed E-state index contributed by atoms with van der Waals surface area (Å²) in [6, 6.07) is 4.52. The van der Waals surface area contributed by atoms with E-state index in [2.05, 4.69) is 15.5 Å². The Kier molecular flexibility index (Phi) is 5.04. The molecule has 1 atom stereocenters. The Morgan fingerprint density at radius 1 is 1.43 bits per heavy atom. The molecule has 1 aromatic rings. The number of thioether (sulfide) groups is 1. The SMILES string of the molecule is O=C(O)C[C@H]1S/C(=N/N=C\c2cccc(C(F)(F)F)c2)NC1=O. The number of amides is 1. The quantitative estimate of drug-likeness (QED) is 0.646. The van der Waals surface area contributed by atoms with Crippen molar-refractivity contribution in [2.24, 2.45) is 10.2 Å². The third-order valence-electron chi connectivity index (χ3n) is 2.71. The Hall–Kier alpha value is -2.36. The molecule has 23 heavy (non-hydrogen) atoms. The topological polar surface area (TPSA) is 91.1 Å². The average molecular weight is 345 g/mol. The predicted octanol–water partition coefficient (Wildman–Crippen LogP) is 2.10. The first kappa shape index (κ1) is 17.0. The molecule has 1 aliphatic heterocycles. The first-order chi connectivity index (χ1) is 10.8. The Labute approximate surface area is 132 Å². The number of hydrogen-bond donors (Lipinski definition) is 2. The highest BCUT2D eigenvalue weighted by Gasteiger charge is 2.32. The van der Waals surface area contributed by atoms with Crippen LogP contribution in [0.15, 0.2) is 34.5 Å². The van der Waals surface area contributed by atoms with Crippen molar-refractivity contribution in [1.82, 2.24) is 5.32 Å². The molecule has 122 valence electrons. The highest BCUT2D eigenvalue weighted by atomic mass is 32.2. The molecule has 0 spiro atoms. The largest absolute Gasteiger partial charge is 0.481 e. The predicted molar refractivity (Wildman–Crippen MR) is 78.2 cm³/mol. The number of halogens is 3. The first-order valence-corrected chi connectivity index (χ1v) is 7.11. The molecule has 10 heteroatoms. The first-order valence-electron chi connectivity index (χ1n) is 6.23. The van der Waals surface area contributed by atoms with Gasteiger partial charge in [-0.2, -0.15) is 18.3 Å². The summed E-state index contributed by atoms with van der Waals surface area (Å²) in [7, 11) is 0. The molecule has 6 nitrogen and oxygen atoms in total. The molecule has 0 aliphatic carbocycles. The molecule has 1 saturated heterocycles. The van der Waals surface area contributed by atoms with Gasteiger partial charge < -0.3 is 10.4 Å². The van der Waals surface area contributed by atoms with E-state index in [-0.39, 0.29) is 17.2 Å². The van der Waals surface area contributed by atoms with Gasteiger partial charge in [-0.05, 0) is 17.7 Å². The van der Waals surface area contributed by atoms with Gasteiger partial charge in [-0.1, -0.05) is 23.9 Å². The van der Waals surface area contributed by atoms with Crippen LogP contribution in [0.25, 0.3) is 0 Å². The van der Waals surface area contributed by atoms with Crippen molar-refractivity contribution < 1.29 is 27.9 Å². The maximum absolute atomic E-state index is 12.6. The summed E-state index contributed by atoms with van der Waals surface area (Å²) in [4.78, 5) is 22.0. The van der Waals surface area contributed by atoms with Gasteiger partial charge in [0, 0.05) is 0 Å². The number of carbonyl (C=O) groups excluding carboxylic acids is 1. The number of carbonyl (C=O) groups is 2. The maximum Gasteiger partial charge on any atom is 0.416 e. The third-order valence-corrected chi connectivity index (χ3v) is 3.78. The second-order valence-electron chi connectivity index (χ2n) is 4.47. The zero-order chi connectivity index (χ0) is 17.0. The summed E-state index contributed by atoms with van der Waals surface area (Å²) in [6.45, 7) is 0. The van der Waals surface area contributed by atoms with E-state index >= 15 is 0 Å². The molecule has 1 fully saturated rings. The van der Waals surface area contributed by atoms with Crippen LogP contribution in [0.2, 0.25) is 0 Å². The molecular formula is C13H10F3N3O3S. The van der Waals surface area contributed by atoms with Gasteiger partial charge >= 0.3 is 12.1 Å². The summed E-state index contributed by atoms with van der Waals surface area (Å²) in [6.07, 6.45) is -3.69. The molecular weight excluding hydrogens is 335 g/mol. The molecule has 0 aromatic heterocycles. The van der Waals surface area contributed by atoms with E-state index in [4.69, 9.17) is 5.11 Å². The number of aliphatic carboxylic acids is 1. The molecule has 1 aliphatic rings. The standard InChI is InChI=1S/C13H10F3N3O3S/c14-13(15,16)8-3-1-2-7(4-8)6-17-19-12-18-11(22)9(23-12)5-10(20)21/h1-4,6,9H,5H2,(H,20,21)(H,18,19,22)/b17-6-/t9-/m1/s1. The maximum atomic E-state index is 12.6. The van der Waals surface area contributed by atoms with Gasteiger partial charge in [-0.15, -0.1) is 5.10 Å². The third kappa shape index (κ3) is 4.81. The Morgan fingerprint density at radius 2 is 2.17 bits per heavy atom. The second-order valence-corrected chi connectivity index (χ2v) is 5.66. The Balaban J connectivity index is 2.04. The number of alkyl halides is 3. The fraction of sp³-hybridized carbons (Fsp3) is 0.231. The normalized spacial score (nSPS) is 20.2. The molecule has 0 unspecified atom stereocenters. The summed E-state index contributed by atoms with van der Waals surface area (Å²) in [5, 5.41) is 17.6. The van der Waals surface area contributed by atoms with Crippen LogP contribution in [0.1, 0.15) is 17.5 Å². The van der Waals surface area contributed by atoms with Crippen molar-refractivity contribution in [3.63, 3.8) is 0 Å². The lowest BCUT2D eigenvalue weighted by molar-refractivity contribution is -0.138. The Bertz CT molecular complexity index is 689. The number of carboxylic acids is 1. The minimum absolute atomic E-state index is 0.101. The van der Waals surface area contributed by atoms with E-state index in [0.717, 1.165) is 30.1 Å². The van der Waals surface area contributed by atoms with Gasteiger partial charge in [0.2, 0.25) is 5.91 Å². The van der Waals surface area contributed by atoms with Crippen LogP contribution in [-0.4, -0.2) is 33.6 Å². The van der Waals surface area contributed by atoms with Crippen LogP contribution in [0.5, 0.6) is 0 Å². The van der Waals surface area contributed by atoms with Gasteiger partial charge in [0.15, 0.2) is 5.17 Å². The van der Waals surface area contributed by atoms with E-state index in [1.165, 1.54) is 12.1 Å². The van der Waals surface area contributed by atoms with Crippen LogP contribution in [-0.2, 0) is 15.8 Å². The summed E-state index contributed by atoms with van der Waals surface area (Å²) in [5.41, 5.74) is -0.611. The van der Waals surface area contributed by atoms with Crippen LogP contribution in [0.4, 0.5) is 13.2 Å². The molecule has 0 radical (unpaired) electrons. The van der Waals surface area contributed by atoms with Crippen molar-refractivity contribution in [3.05, 3.63) is 35.4 Å². The zero-order valence-corrected chi connectivity index (χ0v) is 12.2. The van der Waals surface area contributed by atoms with Gasteiger partial charge in [0.1, 0.15) is 5.25 Å². The lowest BCUT2D eigenvalue weighted by atomic mass is 10.1. The van der Waals surface area contributed by atoms with Gasteiger partial charge in [0.05, 0.1) is 18.2 Å². The van der Waals surface area contributed by atoms with E-state index in [1.54, 1.807) is 0 Å². The fourth-order valence-electron chi connectivity index (χ4n) is 1.69.